The molecule has 0 bridgehead atoms. The number of hydrogen-bond donors (Lipinski definition) is 2. The maximum absolute atomic E-state index is 12.3. The molecule has 0 spiro atoms. The van der Waals surface area contributed by atoms with Crippen molar-refractivity contribution in [1.29, 1.82) is 0 Å². The van der Waals surface area contributed by atoms with Crippen LogP contribution in [0.5, 0.6) is 0 Å². The van der Waals surface area contributed by atoms with Gasteiger partial charge in [-0.3, -0.25) is 19.8 Å². The molecule has 1 heterocycles. The van der Waals surface area contributed by atoms with E-state index in [0.717, 1.165) is 0 Å². The molecule has 1 aromatic rings. The Labute approximate surface area is 151 Å². The second-order valence-corrected chi connectivity index (χ2v) is 6.93. The minimum Gasteiger partial charge on any atom is -0.445 e. The molecule has 0 aliphatic carbocycles. The molecule has 8 nitrogen and oxygen atoms in total. The summed E-state index contributed by atoms with van der Waals surface area (Å²) in [5, 5.41) is 13.3. The highest BCUT2D eigenvalue weighted by molar-refractivity contribution is 7.81. The van der Waals surface area contributed by atoms with Gasteiger partial charge in [0.15, 0.2) is 0 Å². The van der Waals surface area contributed by atoms with Crippen molar-refractivity contribution in [2.45, 2.75) is 44.2 Å². The Morgan fingerprint density at radius 2 is 2.04 bits per heavy atom. The molecule has 9 heteroatoms. The van der Waals surface area contributed by atoms with Crippen molar-refractivity contribution >= 4 is 30.3 Å². The summed E-state index contributed by atoms with van der Waals surface area (Å²) in [5.74, 6) is -0.223. The molecule has 2 unspecified atom stereocenters. The third kappa shape index (κ3) is 5.09. The van der Waals surface area contributed by atoms with E-state index in [1.165, 1.54) is 29.2 Å². The molecule has 1 aliphatic rings. The van der Waals surface area contributed by atoms with Crippen LogP contribution in [0.3, 0.4) is 0 Å². The van der Waals surface area contributed by atoms with Crippen molar-refractivity contribution in [3.63, 3.8) is 0 Å². The number of hydrogen-bond acceptors (Lipinski definition) is 6. The quantitative estimate of drug-likeness (QED) is 0.472. The number of nitro groups is 1. The third-order valence-electron chi connectivity index (χ3n) is 3.76. The summed E-state index contributed by atoms with van der Waals surface area (Å²) in [6.45, 7) is 4.01. The second-order valence-electron chi connectivity index (χ2n) is 6.20. The van der Waals surface area contributed by atoms with E-state index in [2.05, 4.69) is 17.9 Å². The summed E-state index contributed by atoms with van der Waals surface area (Å²) in [6, 6.07) is 5.13. The number of nitrogens with one attached hydrogen (secondary N) is 1. The van der Waals surface area contributed by atoms with Crippen molar-refractivity contribution in [1.82, 2.24) is 10.2 Å². The lowest BCUT2D eigenvalue weighted by atomic mass is 10.2. The molecular weight excluding hydrogens is 346 g/mol. The van der Waals surface area contributed by atoms with Gasteiger partial charge >= 0.3 is 6.09 Å². The lowest BCUT2D eigenvalue weighted by molar-refractivity contribution is -0.384. The topological polar surface area (TPSA) is 102 Å². The van der Waals surface area contributed by atoms with Crippen LogP contribution in [0.1, 0.15) is 25.8 Å². The lowest BCUT2D eigenvalue weighted by Gasteiger charge is -2.24. The molecule has 1 N–H and O–H groups in total. The van der Waals surface area contributed by atoms with Crippen LogP contribution < -0.4 is 5.32 Å². The first kappa shape index (κ1) is 19.0. The van der Waals surface area contributed by atoms with Gasteiger partial charge in [0.1, 0.15) is 12.6 Å². The number of amides is 2. The minimum absolute atomic E-state index is 0.0237. The molecule has 0 aromatic heterocycles. The normalized spacial score (nSPS) is 19.8. The van der Waals surface area contributed by atoms with Gasteiger partial charge in [-0.05, 0) is 38.0 Å². The molecule has 1 aliphatic heterocycles. The number of benzene rings is 1. The van der Waals surface area contributed by atoms with Gasteiger partial charge in [-0.1, -0.05) is 0 Å². The van der Waals surface area contributed by atoms with Crippen LogP contribution in [0, 0.1) is 10.1 Å². The maximum atomic E-state index is 12.3. The first-order valence-corrected chi connectivity index (χ1v) is 8.44. The fourth-order valence-electron chi connectivity index (χ4n) is 2.59. The average Bonchev–Trinajstić information content (AvgIpc) is 2.94. The number of carbonyl (C=O) groups is 2. The van der Waals surface area contributed by atoms with E-state index < -0.39 is 17.1 Å². The Balaban J connectivity index is 1.96. The summed E-state index contributed by atoms with van der Waals surface area (Å²) in [6.07, 6.45) is -0.132. The number of likely N-dealkylation sites (tertiary alicyclic amines) is 1. The predicted molar refractivity (Wildman–Crippen MR) is 94.4 cm³/mol. The molecule has 2 amide bonds. The fourth-order valence-corrected chi connectivity index (χ4v) is 2.96. The van der Waals surface area contributed by atoms with E-state index in [-0.39, 0.29) is 29.5 Å². The zero-order chi connectivity index (χ0) is 18.6. The van der Waals surface area contributed by atoms with Crippen LogP contribution in [0.4, 0.5) is 10.5 Å². The molecule has 1 fully saturated rings. The van der Waals surface area contributed by atoms with Gasteiger partial charge < -0.3 is 10.1 Å². The van der Waals surface area contributed by atoms with Crippen LogP contribution in [0.25, 0.3) is 0 Å². The number of rotatable bonds is 5. The summed E-state index contributed by atoms with van der Waals surface area (Å²) in [5.41, 5.74) is 0.599. The van der Waals surface area contributed by atoms with Crippen LogP contribution in [-0.4, -0.2) is 45.7 Å². The Morgan fingerprint density at radius 1 is 1.40 bits per heavy atom. The van der Waals surface area contributed by atoms with E-state index in [1.807, 2.05) is 13.8 Å². The summed E-state index contributed by atoms with van der Waals surface area (Å²) >= 11 is 4.37. The van der Waals surface area contributed by atoms with Crippen LogP contribution >= 0.6 is 12.6 Å². The van der Waals surface area contributed by atoms with Gasteiger partial charge in [-0.2, -0.15) is 12.6 Å². The number of carbonyl (C=O) groups excluding carboxylic acids is 2. The molecule has 1 aromatic carbocycles. The minimum atomic E-state index is -0.603. The first-order chi connectivity index (χ1) is 11.8. The Morgan fingerprint density at radius 3 is 2.60 bits per heavy atom. The van der Waals surface area contributed by atoms with E-state index in [0.29, 0.717) is 18.5 Å². The number of ether oxygens (including phenoxy) is 1. The van der Waals surface area contributed by atoms with Crippen molar-refractivity contribution in [2.24, 2.45) is 0 Å². The standard InChI is InChI=1S/C16H21N3O5S/c1-10(2)17-15(20)14-7-13(25)8-18(14)16(21)24-9-11-3-5-12(6-4-11)19(22)23/h3-6,10,13-14,25H,7-9H2,1-2H3,(H,17,20). The monoisotopic (exact) mass is 367 g/mol. The van der Waals surface area contributed by atoms with Crippen molar-refractivity contribution in [3.8, 4) is 0 Å². The van der Waals surface area contributed by atoms with E-state index in [9.17, 15) is 19.7 Å². The molecule has 2 atom stereocenters. The largest absolute Gasteiger partial charge is 0.445 e. The fraction of sp³-hybridized carbons (Fsp3) is 0.500. The van der Waals surface area contributed by atoms with Crippen molar-refractivity contribution < 1.29 is 19.2 Å². The van der Waals surface area contributed by atoms with Gasteiger partial charge in [-0.25, -0.2) is 4.79 Å². The molecule has 1 saturated heterocycles. The highest BCUT2D eigenvalue weighted by Gasteiger charge is 2.39. The van der Waals surface area contributed by atoms with Crippen LogP contribution in [-0.2, 0) is 16.1 Å². The highest BCUT2D eigenvalue weighted by atomic mass is 32.1. The van der Waals surface area contributed by atoms with Gasteiger partial charge in [0.05, 0.1) is 4.92 Å². The van der Waals surface area contributed by atoms with Gasteiger partial charge in [0.25, 0.3) is 5.69 Å². The van der Waals surface area contributed by atoms with Crippen molar-refractivity contribution in [2.75, 3.05) is 6.54 Å². The molecular formula is C16H21N3O5S. The lowest BCUT2D eigenvalue weighted by Crippen LogP contribution is -2.47. The van der Waals surface area contributed by atoms with E-state index in [1.54, 1.807) is 0 Å². The predicted octanol–water partition coefficient (Wildman–Crippen LogP) is 2.13. The average molecular weight is 367 g/mol. The smallest absolute Gasteiger partial charge is 0.410 e. The third-order valence-corrected chi connectivity index (χ3v) is 4.13. The van der Waals surface area contributed by atoms with Crippen LogP contribution in [0.2, 0.25) is 0 Å². The second kappa shape index (κ2) is 8.19. The number of nitrogens with zero attached hydrogens (tertiary/aromatic N) is 2. The number of thiol groups is 1. The van der Waals surface area contributed by atoms with Crippen LogP contribution in [0.15, 0.2) is 24.3 Å². The molecule has 2 rings (SSSR count). The number of non-ortho nitro benzene ring substituents is 1. The maximum Gasteiger partial charge on any atom is 0.410 e. The highest BCUT2D eigenvalue weighted by Crippen LogP contribution is 2.23. The summed E-state index contributed by atoms with van der Waals surface area (Å²) in [4.78, 5) is 36.1. The molecule has 136 valence electrons. The van der Waals surface area contributed by atoms with E-state index >= 15 is 0 Å². The molecule has 0 radical (unpaired) electrons. The Hall–Kier alpha value is -2.29. The van der Waals surface area contributed by atoms with Gasteiger partial charge in [0.2, 0.25) is 5.91 Å². The van der Waals surface area contributed by atoms with Gasteiger partial charge in [0, 0.05) is 30.0 Å². The van der Waals surface area contributed by atoms with E-state index in [4.69, 9.17) is 4.74 Å². The Bertz CT molecular complexity index is 650. The Kier molecular flexibility index (Phi) is 6.24. The van der Waals surface area contributed by atoms with Crippen molar-refractivity contribution in [3.05, 3.63) is 39.9 Å². The summed E-state index contributed by atoms with van der Waals surface area (Å²) in [7, 11) is 0. The number of nitro benzene ring substituents is 1. The first-order valence-electron chi connectivity index (χ1n) is 7.93. The SMILES string of the molecule is CC(C)NC(=O)C1CC(S)CN1C(=O)OCc1ccc([N+](=O)[O-])cc1. The zero-order valence-corrected chi connectivity index (χ0v) is 14.9. The summed E-state index contributed by atoms with van der Waals surface area (Å²) < 4.78 is 5.25. The van der Waals surface area contributed by atoms with Gasteiger partial charge in [-0.15, -0.1) is 0 Å². The zero-order valence-electron chi connectivity index (χ0n) is 14.0. The molecule has 0 saturated carbocycles. The molecule has 25 heavy (non-hydrogen) atoms.